The van der Waals surface area contributed by atoms with Gasteiger partial charge in [0.25, 0.3) is 5.91 Å². The lowest BCUT2D eigenvalue weighted by atomic mass is 10.2. The first-order valence-corrected chi connectivity index (χ1v) is 7.71. The number of piperazine rings is 1. The summed E-state index contributed by atoms with van der Waals surface area (Å²) < 4.78 is 5.70. The Balaban J connectivity index is 1.74. The summed E-state index contributed by atoms with van der Waals surface area (Å²) in [6.45, 7) is 4.39. The third-order valence-electron chi connectivity index (χ3n) is 3.85. The van der Waals surface area contributed by atoms with Crippen molar-refractivity contribution in [1.29, 1.82) is 0 Å². The molecule has 22 heavy (non-hydrogen) atoms. The second-order valence-corrected chi connectivity index (χ2v) is 5.78. The monoisotopic (exact) mass is 319 g/mol. The molecule has 0 bridgehead atoms. The molecule has 2 aromatic rings. The van der Waals surface area contributed by atoms with E-state index in [2.05, 4.69) is 10.3 Å². The fraction of sp³-hybridized carbons (Fsp3) is 0.375. The molecule has 1 atom stereocenters. The predicted molar refractivity (Wildman–Crippen MR) is 86.3 cm³/mol. The maximum absolute atomic E-state index is 12.3. The van der Waals surface area contributed by atoms with E-state index in [1.54, 1.807) is 18.3 Å². The highest BCUT2D eigenvalue weighted by Crippen LogP contribution is 2.29. The molecule has 3 rings (SSSR count). The lowest BCUT2D eigenvalue weighted by Gasteiger charge is -2.33. The second-order valence-electron chi connectivity index (χ2n) is 5.37. The Morgan fingerprint density at radius 3 is 3.18 bits per heavy atom. The van der Waals surface area contributed by atoms with Crippen molar-refractivity contribution in [2.75, 3.05) is 26.2 Å². The molecular weight excluding hydrogens is 302 g/mol. The van der Waals surface area contributed by atoms with E-state index in [1.807, 2.05) is 24.0 Å². The first-order valence-electron chi connectivity index (χ1n) is 7.33. The first-order chi connectivity index (χ1) is 10.7. The van der Waals surface area contributed by atoms with Crippen molar-refractivity contribution in [1.82, 2.24) is 15.2 Å². The van der Waals surface area contributed by atoms with Gasteiger partial charge in [0.2, 0.25) is 0 Å². The van der Waals surface area contributed by atoms with Gasteiger partial charge >= 0.3 is 0 Å². The van der Waals surface area contributed by atoms with Crippen molar-refractivity contribution >= 4 is 28.4 Å². The van der Waals surface area contributed by atoms with Crippen LogP contribution in [0.4, 0.5) is 0 Å². The Kier molecular flexibility index (Phi) is 4.45. The number of carbonyl (C=O) groups is 1. The molecular formula is C16H18ClN3O2. The number of hydrogen-bond donors (Lipinski definition) is 1. The summed E-state index contributed by atoms with van der Waals surface area (Å²) >= 11 is 6.15. The molecule has 0 unspecified atom stereocenters. The highest BCUT2D eigenvalue weighted by molar-refractivity contribution is 6.35. The van der Waals surface area contributed by atoms with E-state index in [0.29, 0.717) is 22.8 Å². The minimum atomic E-state index is -0.00645. The van der Waals surface area contributed by atoms with Gasteiger partial charge in [-0.15, -0.1) is 0 Å². The molecule has 0 saturated carbocycles. The number of fused-ring (bicyclic) bond motifs is 1. The summed E-state index contributed by atoms with van der Waals surface area (Å²) in [6.07, 6.45) is 1.69. The summed E-state index contributed by atoms with van der Waals surface area (Å²) in [7, 11) is 0. The minimum absolute atomic E-state index is 0.00645. The van der Waals surface area contributed by atoms with Crippen LogP contribution in [0.5, 0.6) is 5.75 Å². The normalized spacial score (nSPS) is 18.5. The molecule has 116 valence electrons. The zero-order chi connectivity index (χ0) is 15.5. The molecule has 2 heterocycles. The molecule has 6 heteroatoms. The van der Waals surface area contributed by atoms with Gasteiger partial charge in [-0.1, -0.05) is 11.6 Å². The molecule has 1 aromatic heterocycles. The summed E-state index contributed by atoms with van der Waals surface area (Å²) in [4.78, 5) is 18.5. The molecule has 1 aliphatic heterocycles. The van der Waals surface area contributed by atoms with Gasteiger partial charge in [-0.2, -0.15) is 0 Å². The number of nitrogens with zero attached hydrogens (tertiary/aromatic N) is 2. The van der Waals surface area contributed by atoms with Crippen LogP contribution >= 0.6 is 11.6 Å². The smallest absolute Gasteiger partial charge is 0.260 e. The Hall–Kier alpha value is -1.85. The highest BCUT2D eigenvalue weighted by atomic mass is 35.5. The topological polar surface area (TPSA) is 54.5 Å². The Morgan fingerprint density at radius 2 is 2.36 bits per heavy atom. The largest absolute Gasteiger partial charge is 0.481 e. The SMILES string of the molecule is C[C@@H]1CNCCN1C(=O)COc1ccc(Cl)c2cccnc12. The number of carbonyl (C=O) groups excluding carboxylic acids is 1. The van der Waals surface area contributed by atoms with Gasteiger partial charge in [-0.05, 0) is 31.2 Å². The van der Waals surface area contributed by atoms with Gasteiger partial charge < -0.3 is 15.0 Å². The molecule has 1 saturated heterocycles. The molecule has 0 radical (unpaired) electrons. The van der Waals surface area contributed by atoms with E-state index in [1.165, 1.54) is 0 Å². The fourth-order valence-electron chi connectivity index (χ4n) is 2.66. The van der Waals surface area contributed by atoms with E-state index < -0.39 is 0 Å². The molecule has 1 aliphatic rings. The number of halogens is 1. The number of hydrogen-bond acceptors (Lipinski definition) is 4. The summed E-state index contributed by atoms with van der Waals surface area (Å²) in [5.74, 6) is 0.573. The van der Waals surface area contributed by atoms with Crippen LogP contribution in [0.3, 0.4) is 0 Å². The van der Waals surface area contributed by atoms with Crippen molar-refractivity contribution in [2.24, 2.45) is 0 Å². The zero-order valence-corrected chi connectivity index (χ0v) is 13.1. The van der Waals surface area contributed by atoms with Crippen LogP contribution in [0.2, 0.25) is 5.02 Å². The van der Waals surface area contributed by atoms with Crippen molar-refractivity contribution < 1.29 is 9.53 Å². The van der Waals surface area contributed by atoms with Crippen LogP contribution in [0, 0.1) is 0 Å². The molecule has 0 spiro atoms. The third-order valence-corrected chi connectivity index (χ3v) is 4.18. The highest BCUT2D eigenvalue weighted by Gasteiger charge is 2.23. The van der Waals surface area contributed by atoms with Crippen molar-refractivity contribution in [3.63, 3.8) is 0 Å². The standard InChI is InChI=1S/C16H18ClN3O2/c1-11-9-18-7-8-20(11)15(21)10-22-14-5-4-13(17)12-3-2-6-19-16(12)14/h2-6,11,18H,7-10H2,1H3/t11-/m1/s1. The number of amides is 1. The summed E-state index contributed by atoms with van der Waals surface area (Å²) in [5.41, 5.74) is 0.677. The first kappa shape index (κ1) is 15.1. The van der Waals surface area contributed by atoms with Gasteiger partial charge in [0.15, 0.2) is 6.61 Å². The molecule has 1 N–H and O–H groups in total. The number of aromatic nitrogens is 1. The lowest BCUT2D eigenvalue weighted by Crippen LogP contribution is -2.53. The van der Waals surface area contributed by atoms with Gasteiger partial charge in [-0.3, -0.25) is 9.78 Å². The van der Waals surface area contributed by atoms with E-state index in [-0.39, 0.29) is 18.6 Å². The molecule has 1 fully saturated rings. The summed E-state index contributed by atoms with van der Waals surface area (Å²) in [6, 6.07) is 7.42. The van der Waals surface area contributed by atoms with E-state index in [0.717, 1.165) is 18.5 Å². The maximum atomic E-state index is 12.3. The fourth-order valence-corrected chi connectivity index (χ4v) is 2.88. The van der Waals surface area contributed by atoms with Gasteiger partial charge in [0.05, 0.1) is 5.02 Å². The Bertz CT molecular complexity index is 692. The van der Waals surface area contributed by atoms with Gasteiger partial charge in [0.1, 0.15) is 11.3 Å². The van der Waals surface area contributed by atoms with E-state index in [9.17, 15) is 4.79 Å². The van der Waals surface area contributed by atoms with Crippen LogP contribution < -0.4 is 10.1 Å². The van der Waals surface area contributed by atoms with Crippen molar-refractivity contribution in [3.8, 4) is 5.75 Å². The zero-order valence-electron chi connectivity index (χ0n) is 12.4. The second kappa shape index (κ2) is 6.50. The Morgan fingerprint density at radius 1 is 1.50 bits per heavy atom. The number of benzene rings is 1. The minimum Gasteiger partial charge on any atom is -0.481 e. The number of rotatable bonds is 3. The van der Waals surface area contributed by atoms with E-state index in [4.69, 9.17) is 16.3 Å². The van der Waals surface area contributed by atoms with Crippen LogP contribution in [-0.2, 0) is 4.79 Å². The van der Waals surface area contributed by atoms with Crippen LogP contribution in [-0.4, -0.2) is 48.1 Å². The number of ether oxygens (including phenoxy) is 1. The third kappa shape index (κ3) is 3.00. The molecule has 5 nitrogen and oxygen atoms in total. The predicted octanol–water partition coefficient (Wildman–Crippen LogP) is 2.09. The molecule has 0 aliphatic carbocycles. The quantitative estimate of drug-likeness (QED) is 0.941. The summed E-state index contributed by atoms with van der Waals surface area (Å²) in [5, 5.41) is 4.71. The molecule has 1 aromatic carbocycles. The van der Waals surface area contributed by atoms with Crippen LogP contribution in [0.1, 0.15) is 6.92 Å². The van der Waals surface area contributed by atoms with E-state index >= 15 is 0 Å². The van der Waals surface area contributed by atoms with Crippen LogP contribution in [0.25, 0.3) is 10.9 Å². The molecule has 1 amide bonds. The maximum Gasteiger partial charge on any atom is 0.260 e. The average Bonchev–Trinajstić information content (AvgIpc) is 2.55. The number of nitrogens with one attached hydrogen (secondary N) is 1. The Labute approximate surface area is 134 Å². The van der Waals surface area contributed by atoms with Crippen LogP contribution in [0.15, 0.2) is 30.5 Å². The number of pyridine rings is 1. The average molecular weight is 320 g/mol. The van der Waals surface area contributed by atoms with Crippen molar-refractivity contribution in [3.05, 3.63) is 35.5 Å². The van der Waals surface area contributed by atoms with Crippen molar-refractivity contribution in [2.45, 2.75) is 13.0 Å². The lowest BCUT2D eigenvalue weighted by molar-refractivity contribution is -0.136. The van der Waals surface area contributed by atoms with Gasteiger partial charge in [-0.25, -0.2) is 0 Å². The van der Waals surface area contributed by atoms with Gasteiger partial charge in [0, 0.05) is 37.3 Å².